The molecule has 6 heteroatoms. The molecule has 1 saturated carbocycles. The molecule has 3 amide bonds. The van der Waals surface area contributed by atoms with Crippen molar-refractivity contribution >= 4 is 17.6 Å². The number of benzene rings is 2. The van der Waals surface area contributed by atoms with Crippen LogP contribution in [0.15, 0.2) is 48.5 Å². The van der Waals surface area contributed by atoms with Gasteiger partial charge in [-0.25, -0.2) is 9.18 Å². The van der Waals surface area contributed by atoms with Crippen molar-refractivity contribution in [3.8, 4) is 0 Å². The number of hydrogen-bond donors (Lipinski definition) is 3. The van der Waals surface area contributed by atoms with Gasteiger partial charge in [0.1, 0.15) is 5.82 Å². The Bertz CT molecular complexity index is 758. The third kappa shape index (κ3) is 5.31. The summed E-state index contributed by atoms with van der Waals surface area (Å²) in [5, 5.41) is 8.33. The first kappa shape index (κ1) is 17.0. The van der Waals surface area contributed by atoms with Crippen molar-refractivity contribution in [1.29, 1.82) is 0 Å². The number of halogens is 1. The molecular formula is C19H20FN3O2. The van der Waals surface area contributed by atoms with Gasteiger partial charge in [-0.15, -0.1) is 0 Å². The van der Waals surface area contributed by atoms with Gasteiger partial charge in [0.25, 0.3) is 5.91 Å². The van der Waals surface area contributed by atoms with E-state index in [4.69, 9.17) is 0 Å². The van der Waals surface area contributed by atoms with Crippen LogP contribution in [0.2, 0.25) is 0 Å². The Morgan fingerprint density at radius 2 is 1.84 bits per heavy atom. The van der Waals surface area contributed by atoms with Crippen molar-refractivity contribution in [2.24, 2.45) is 0 Å². The minimum Gasteiger partial charge on any atom is -0.349 e. The summed E-state index contributed by atoms with van der Waals surface area (Å²) in [6.45, 7) is 0.400. The molecule has 0 bridgehead atoms. The highest BCUT2D eigenvalue weighted by atomic mass is 19.1. The first-order valence-electron chi connectivity index (χ1n) is 8.30. The molecule has 1 fully saturated rings. The third-order valence-electron chi connectivity index (χ3n) is 3.91. The van der Waals surface area contributed by atoms with Crippen LogP contribution < -0.4 is 16.0 Å². The molecule has 25 heavy (non-hydrogen) atoms. The fraction of sp³-hybridized carbons (Fsp3) is 0.263. The zero-order valence-corrected chi connectivity index (χ0v) is 13.7. The van der Waals surface area contributed by atoms with Gasteiger partial charge in [0.05, 0.1) is 0 Å². The van der Waals surface area contributed by atoms with Crippen LogP contribution in [-0.4, -0.2) is 24.5 Å². The van der Waals surface area contributed by atoms with E-state index in [1.54, 1.807) is 30.3 Å². The van der Waals surface area contributed by atoms with Crippen molar-refractivity contribution in [3.05, 3.63) is 65.5 Å². The van der Waals surface area contributed by atoms with Gasteiger partial charge in [-0.3, -0.25) is 4.79 Å². The Hall–Kier alpha value is -2.89. The molecule has 5 nitrogen and oxygen atoms in total. The number of carbonyl (C=O) groups is 2. The van der Waals surface area contributed by atoms with Crippen LogP contribution in [-0.2, 0) is 6.42 Å². The fourth-order valence-electron chi connectivity index (χ4n) is 2.39. The van der Waals surface area contributed by atoms with Crippen LogP contribution in [0.1, 0.15) is 28.8 Å². The van der Waals surface area contributed by atoms with E-state index in [0.717, 1.165) is 18.4 Å². The van der Waals surface area contributed by atoms with Crippen LogP contribution in [0.4, 0.5) is 14.9 Å². The summed E-state index contributed by atoms with van der Waals surface area (Å²) in [5.41, 5.74) is 2.00. The van der Waals surface area contributed by atoms with E-state index in [1.807, 2.05) is 6.07 Å². The molecule has 0 radical (unpaired) electrons. The highest BCUT2D eigenvalue weighted by Crippen LogP contribution is 2.19. The van der Waals surface area contributed by atoms with E-state index in [2.05, 4.69) is 16.0 Å². The summed E-state index contributed by atoms with van der Waals surface area (Å²) < 4.78 is 13.1. The minimum atomic E-state index is -0.341. The normalized spacial score (nSPS) is 13.2. The number of urea groups is 1. The second-order valence-corrected chi connectivity index (χ2v) is 6.09. The topological polar surface area (TPSA) is 70.2 Å². The van der Waals surface area contributed by atoms with E-state index >= 15 is 0 Å². The van der Waals surface area contributed by atoms with Crippen LogP contribution in [0.25, 0.3) is 0 Å². The molecular weight excluding hydrogens is 321 g/mol. The third-order valence-corrected chi connectivity index (χ3v) is 3.91. The average Bonchev–Trinajstić information content (AvgIpc) is 3.39. The molecule has 2 aromatic rings. The number of hydrogen-bond acceptors (Lipinski definition) is 2. The van der Waals surface area contributed by atoms with Gasteiger partial charge in [-0.05, 0) is 61.2 Å². The maximum atomic E-state index is 13.1. The van der Waals surface area contributed by atoms with Crippen molar-refractivity contribution in [2.75, 3.05) is 11.9 Å². The van der Waals surface area contributed by atoms with E-state index in [0.29, 0.717) is 30.3 Å². The molecule has 0 heterocycles. The summed E-state index contributed by atoms with van der Waals surface area (Å²) in [5.74, 6) is -0.374. The number of carbonyl (C=O) groups excluding carboxylic acids is 2. The number of nitrogens with one attached hydrogen (secondary N) is 3. The van der Waals surface area contributed by atoms with Crippen LogP contribution in [0.5, 0.6) is 0 Å². The zero-order valence-electron chi connectivity index (χ0n) is 13.7. The molecule has 2 aromatic carbocycles. The molecule has 0 aliphatic heterocycles. The molecule has 1 aliphatic rings. The number of rotatable bonds is 6. The predicted octanol–water partition coefficient (Wildman–Crippen LogP) is 3.08. The lowest BCUT2D eigenvalue weighted by Crippen LogP contribution is -2.30. The Balaban J connectivity index is 1.43. The lowest BCUT2D eigenvalue weighted by atomic mass is 10.1. The Morgan fingerprint density at radius 1 is 1.08 bits per heavy atom. The van der Waals surface area contributed by atoms with Gasteiger partial charge in [0.2, 0.25) is 0 Å². The molecule has 0 spiro atoms. The largest absolute Gasteiger partial charge is 0.349 e. The van der Waals surface area contributed by atoms with Gasteiger partial charge >= 0.3 is 6.03 Å². The quantitative estimate of drug-likeness (QED) is 0.756. The van der Waals surface area contributed by atoms with Crippen LogP contribution in [0, 0.1) is 5.82 Å². The summed E-state index contributed by atoms with van der Waals surface area (Å²) in [6.07, 6.45) is 2.63. The van der Waals surface area contributed by atoms with Gasteiger partial charge in [0, 0.05) is 23.8 Å². The number of anilines is 1. The van der Waals surface area contributed by atoms with Gasteiger partial charge in [-0.2, -0.15) is 0 Å². The Labute approximate surface area is 145 Å². The van der Waals surface area contributed by atoms with Crippen molar-refractivity contribution in [2.45, 2.75) is 25.3 Å². The van der Waals surface area contributed by atoms with Crippen molar-refractivity contribution in [1.82, 2.24) is 10.6 Å². The summed E-state index contributed by atoms with van der Waals surface area (Å²) >= 11 is 0. The fourth-order valence-corrected chi connectivity index (χ4v) is 2.39. The molecule has 130 valence electrons. The summed E-state index contributed by atoms with van der Waals surface area (Å²) in [7, 11) is 0. The molecule has 0 aromatic heterocycles. The average molecular weight is 341 g/mol. The predicted molar refractivity (Wildman–Crippen MR) is 94.1 cm³/mol. The molecule has 0 saturated heterocycles. The highest BCUT2D eigenvalue weighted by Gasteiger charge is 2.23. The van der Waals surface area contributed by atoms with Crippen LogP contribution >= 0.6 is 0 Å². The van der Waals surface area contributed by atoms with E-state index in [9.17, 15) is 14.0 Å². The molecule has 0 atom stereocenters. The Kier molecular flexibility index (Phi) is 5.28. The lowest BCUT2D eigenvalue weighted by Gasteiger charge is -2.09. The first-order valence-corrected chi connectivity index (χ1v) is 8.30. The maximum absolute atomic E-state index is 13.1. The lowest BCUT2D eigenvalue weighted by molar-refractivity contribution is 0.0951. The summed E-state index contributed by atoms with van der Waals surface area (Å²) in [4.78, 5) is 23.8. The van der Waals surface area contributed by atoms with Crippen LogP contribution in [0.3, 0.4) is 0 Å². The van der Waals surface area contributed by atoms with E-state index in [-0.39, 0.29) is 17.8 Å². The van der Waals surface area contributed by atoms with Gasteiger partial charge in [-0.1, -0.05) is 12.1 Å². The SMILES string of the molecule is O=C(NCCc1cccc(F)c1)Nc1ccc(C(=O)NC2CC2)cc1. The monoisotopic (exact) mass is 341 g/mol. The molecule has 0 unspecified atom stereocenters. The second-order valence-electron chi connectivity index (χ2n) is 6.09. The first-order chi connectivity index (χ1) is 12.1. The van der Waals surface area contributed by atoms with E-state index < -0.39 is 0 Å². The smallest absolute Gasteiger partial charge is 0.319 e. The molecule has 3 N–H and O–H groups in total. The second kappa shape index (κ2) is 7.79. The van der Waals surface area contributed by atoms with E-state index in [1.165, 1.54) is 12.1 Å². The number of amides is 3. The minimum absolute atomic E-state index is 0.0893. The van der Waals surface area contributed by atoms with Crippen molar-refractivity contribution < 1.29 is 14.0 Å². The van der Waals surface area contributed by atoms with Crippen molar-refractivity contribution in [3.63, 3.8) is 0 Å². The Morgan fingerprint density at radius 3 is 2.52 bits per heavy atom. The maximum Gasteiger partial charge on any atom is 0.319 e. The molecule has 3 rings (SSSR count). The van der Waals surface area contributed by atoms with Gasteiger partial charge in [0.15, 0.2) is 0 Å². The molecule has 1 aliphatic carbocycles. The van der Waals surface area contributed by atoms with Gasteiger partial charge < -0.3 is 16.0 Å². The highest BCUT2D eigenvalue weighted by molar-refractivity contribution is 5.95. The summed E-state index contributed by atoms with van der Waals surface area (Å²) in [6, 6.07) is 13.0. The zero-order chi connectivity index (χ0) is 17.6. The standard InChI is InChI=1S/C19H20FN3O2/c20-15-3-1-2-13(12-15)10-11-21-19(25)23-17-6-4-14(5-7-17)18(24)22-16-8-9-16/h1-7,12,16H,8-11H2,(H,22,24)(H2,21,23,25).